The molecule has 8 nitrogen and oxygen atoms in total. The quantitative estimate of drug-likeness (QED) is 0.207. The van der Waals surface area contributed by atoms with Gasteiger partial charge in [0.1, 0.15) is 12.4 Å². The molecule has 1 aromatic heterocycles. The fourth-order valence-electron chi connectivity index (χ4n) is 4.60. The van der Waals surface area contributed by atoms with Gasteiger partial charge in [-0.25, -0.2) is 9.79 Å². The van der Waals surface area contributed by atoms with E-state index in [1.807, 2.05) is 50.2 Å². The number of esters is 1. The molecule has 1 atom stereocenters. The zero-order valence-electron chi connectivity index (χ0n) is 23.6. The molecular formula is C32H28Cl2N2O6S. The third-order valence-electron chi connectivity index (χ3n) is 6.60. The third kappa shape index (κ3) is 6.64. The van der Waals surface area contributed by atoms with Crippen molar-refractivity contribution in [2.75, 3.05) is 20.3 Å². The molecule has 222 valence electrons. The molecule has 0 saturated carbocycles. The summed E-state index contributed by atoms with van der Waals surface area (Å²) in [5, 5.41) is 1.10. The van der Waals surface area contributed by atoms with E-state index in [0.717, 1.165) is 11.1 Å². The number of ether oxygens (including phenoxy) is 4. The molecular weight excluding hydrogens is 611 g/mol. The topological polar surface area (TPSA) is 88.4 Å². The predicted molar refractivity (Wildman–Crippen MR) is 167 cm³/mol. The van der Waals surface area contributed by atoms with Crippen molar-refractivity contribution in [3.05, 3.63) is 119 Å². The Morgan fingerprint density at radius 2 is 1.72 bits per heavy atom. The first-order chi connectivity index (χ1) is 20.8. The second kappa shape index (κ2) is 13.5. The van der Waals surface area contributed by atoms with Gasteiger partial charge in [-0.05, 0) is 67.4 Å². The highest BCUT2D eigenvalue weighted by Crippen LogP contribution is 2.35. The summed E-state index contributed by atoms with van der Waals surface area (Å²) in [6.45, 7) is 4.93. The Balaban J connectivity index is 1.48. The number of carbonyl (C=O) groups is 1. The fraction of sp³-hybridized carbons (Fsp3) is 0.219. The van der Waals surface area contributed by atoms with Crippen molar-refractivity contribution < 1.29 is 23.7 Å². The zero-order chi connectivity index (χ0) is 30.5. The lowest BCUT2D eigenvalue weighted by Crippen LogP contribution is -2.39. The molecule has 5 rings (SSSR count). The van der Waals surface area contributed by atoms with Gasteiger partial charge in [0.2, 0.25) is 0 Å². The van der Waals surface area contributed by atoms with Gasteiger partial charge in [-0.1, -0.05) is 58.8 Å². The molecule has 0 amide bonds. The van der Waals surface area contributed by atoms with E-state index in [0.29, 0.717) is 55.4 Å². The number of hydrogen-bond acceptors (Lipinski definition) is 8. The average Bonchev–Trinajstić information content (AvgIpc) is 3.32. The highest BCUT2D eigenvalue weighted by Gasteiger charge is 2.31. The number of methoxy groups -OCH3 is 1. The van der Waals surface area contributed by atoms with Gasteiger partial charge < -0.3 is 18.9 Å². The highest BCUT2D eigenvalue weighted by atomic mass is 35.5. The van der Waals surface area contributed by atoms with Gasteiger partial charge in [0, 0.05) is 21.8 Å². The average molecular weight is 640 g/mol. The van der Waals surface area contributed by atoms with Crippen molar-refractivity contribution in [1.82, 2.24) is 4.57 Å². The Hall–Kier alpha value is -4.05. The van der Waals surface area contributed by atoms with Crippen LogP contribution in [0.25, 0.3) is 6.08 Å². The minimum atomic E-state index is -0.767. The van der Waals surface area contributed by atoms with E-state index in [9.17, 15) is 9.59 Å². The molecule has 0 spiro atoms. The number of thiazole rings is 1. The zero-order valence-corrected chi connectivity index (χ0v) is 26.0. The van der Waals surface area contributed by atoms with Crippen molar-refractivity contribution in [2.45, 2.75) is 26.5 Å². The smallest absolute Gasteiger partial charge is 0.337 e. The van der Waals surface area contributed by atoms with E-state index in [2.05, 4.69) is 4.99 Å². The number of benzene rings is 3. The third-order valence-corrected chi connectivity index (χ3v) is 8.18. The first-order valence-corrected chi connectivity index (χ1v) is 15.1. The first-order valence-electron chi connectivity index (χ1n) is 13.5. The summed E-state index contributed by atoms with van der Waals surface area (Å²) in [7, 11) is 1.30. The van der Waals surface area contributed by atoms with Crippen molar-refractivity contribution in [1.29, 1.82) is 0 Å². The van der Waals surface area contributed by atoms with E-state index in [1.54, 1.807) is 30.3 Å². The number of halogens is 2. The lowest BCUT2D eigenvalue weighted by atomic mass is 9.97. The van der Waals surface area contributed by atoms with Gasteiger partial charge in [-0.15, -0.1) is 0 Å². The monoisotopic (exact) mass is 638 g/mol. The van der Waals surface area contributed by atoms with E-state index in [-0.39, 0.29) is 17.7 Å². The van der Waals surface area contributed by atoms with Crippen molar-refractivity contribution in [2.24, 2.45) is 4.99 Å². The van der Waals surface area contributed by atoms with Crippen LogP contribution in [0.2, 0.25) is 10.0 Å². The van der Waals surface area contributed by atoms with Crippen molar-refractivity contribution >= 4 is 46.6 Å². The van der Waals surface area contributed by atoms with Crippen LogP contribution >= 0.6 is 34.5 Å². The van der Waals surface area contributed by atoms with Crippen molar-refractivity contribution in [3.8, 4) is 17.2 Å². The highest BCUT2D eigenvalue weighted by molar-refractivity contribution is 7.07. The largest absolute Gasteiger partial charge is 0.490 e. The van der Waals surface area contributed by atoms with E-state index < -0.39 is 12.0 Å². The SMILES string of the molecule is CCOc1ccc([C@@H]2C(C(=O)OC)=CN=c3s/c(=C\c4ccc(OCc5ccc(Cl)cc5Cl)cc4)c(=O)n32)cc1OCC. The molecule has 0 fully saturated rings. The first kappa shape index (κ1) is 30.4. The molecule has 0 N–H and O–H groups in total. The van der Waals surface area contributed by atoms with Gasteiger partial charge >= 0.3 is 5.97 Å². The second-order valence-electron chi connectivity index (χ2n) is 9.34. The van der Waals surface area contributed by atoms with E-state index >= 15 is 0 Å². The van der Waals surface area contributed by atoms with Gasteiger partial charge in [-0.2, -0.15) is 0 Å². The van der Waals surface area contributed by atoms with Gasteiger partial charge in [-0.3, -0.25) is 9.36 Å². The fourth-order valence-corrected chi connectivity index (χ4v) is 6.03. The molecule has 1 aliphatic heterocycles. The van der Waals surface area contributed by atoms with E-state index in [1.165, 1.54) is 29.2 Å². The molecule has 3 aromatic carbocycles. The lowest BCUT2D eigenvalue weighted by molar-refractivity contribution is -0.136. The minimum absolute atomic E-state index is 0.232. The van der Waals surface area contributed by atoms with Crippen LogP contribution in [0.15, 0.2) is 82.2 Å². The Bertz CT molecular complexity index is 1860. The summed E-state index contributed by atoms with van der Waals surface area (Å²) in [5.74, 6) is 1.16. The summed E-state index contributed by atoms with van der Waals surface area (Å²) in [5.41, 5.74) is 2.22. The van der Waals surface area contributed by atoms with Crippen LogP contribution in [0.4, 0.5) is 0 Å². The van der Waals surface area contributed by atoms with Crippen molar-refractivity contribution in [3.63, 3.8) is 0 Å². The predicted octanol–water partition coefficient (Wildman–Crippen LogP) is 5.70. The van der Waals surface area contributed by atoms with Crippen LogP contribution < -0.4 is 29.1 Å². The van der Waals surface area contributed by atoms with Crippen LogP contribution in [-0.4, -0.2) is 30.9 Å². The molecule has 0 radical (unpaired) electrons. The molecule has 0 saturated heterocycles. The number of nitrogens with zero attached hydrogens (tertiary/aromatic N) is 2. The van der Waals surface area contributed by atoms with Gasteiger partial charge in [0.25, 0.3) is 5.56 Å². The van der Waals surface area contributed by atoms with Crippen LogP contribution in [0.1, 0.15) is 36.6 Å². The maximum atomic E-state index is 13.8. The lowest BCUT2D eigenvalue weighted by Gasteiger charge is -2.23. The molecule has 0 unspecified atom stereocenters. The van der Waals surface area contributed by atoms with E-state index in [4.69, 9.17) is 42.1 Å². The number of carbonyl (C=O) groups excluding carboxylic acids is 1. The van der Waals surface area contributed by atoms with Crippen LogP contribution in [0, 0.1) is 0 Å². The molecule has 0 bridgehead atoms. The molecule has 1 aliphatic rings. The Morgan fingerprint density at radius 1 is 0.977 bits per heavy atom. The maximum absolute atomic E-state index is 13.8. The summed E-state index contributed by atoms with van der Waals surface area (Å²) in [4.78, 5) is 31.5. The summed E-state index contributed by atoms with van der Waals surface area (Å²) < 4.78 is 24.4. The number of hydrogen-bond donors (Lipinski definition) is 0. The summed E-state index contributed by atoms with van der Waals surface area (Å²) >= 11 is 13.5. The van der Waals surface area contributed by atoms with Crippen LogP contribution in [-0.2, 0) is 16.1 Å². The number of aromatic nitrogens is 1. The standard InChI is InChI=1S/C32H28Cl2N2O6S/c1-4-40-26-13-9-20(15-27(26)41-5-2)29-24(31(38)39-3)17-35-32-36(29)30(37)28(43-32)14-19-6-11-23(12-7-19)42-18-21-8-10-22(33)16-25(21)34/h6-17,29H,4-5,18H2,1-3H3/b28-14-/t29-/m1/s1. The van der Waals surface area contributed by atoms with Gasteiger partial charge in [0.15, 0.2) is 16.3 Å². The molecule has 43 heavy (non-hydrogen) atoms. The Kier molecular flexibility index (Phi) is 9.55. The van der Waals surface area contributed by atoms with Gasteiger partial charge in [0.05, 0.1) is 36.5 Å². The summed E-state index contributed by atoms with van der Waals surface area (Å²) in [6.07, 6.45) is 3.24. The summed E-state index contributed by atoms with van der Waals surface area (Å²) in [6, 6.07) is 17.2. The molecule has 2 heterocycles. The molecule has 4 aromatic rings. The van der Waals surface area contributed by atoms with Crippen LogP contribution in [0.3, 0.4) is 0 Å². The Morgan fingerprint density at radius 3 is 2.42 bits per heavy atom. The number of fused-ring (bicyclic) bond motifs is 1. The molecule has 0 aliphatic carbocycles. The van der Waals surface area contributed by atoms with Crippen LogP contribution in [0.5, 0.6) is 17.2 Å². The molecule has 11 heteroatoms. The Labute approximate surface area is 262 Å². The number of rotatable bonds is 10. The second-order valence-corrected chi connectivity index (χ2v) is 11.2. The normalized spacial score (nSPS) is 14.4. The minimum Gasteiger partial charge on any atom is -0.490 e. The maximum Gasteiger partial charge on any atom is 0.337 e.